The van der Waals surface area contributed by atoms with E-state index < -0.39 is 5.41 Å². The Morgan fingerprint density at radius 1 is 1.04 bits per heavy atom. The number of benzene rings is 2. The molecular formula is C21H23NO. The molecular weight excluding hydrogens is 282 g/mol. The third-order valence-corrected chi connectivity index (χ3v) is 4.67. The first-order chi connectivity index (χ1) is 11.1. The van der Waals surface area contributed by atoms with Gasteiger partial charge < -0.3 is 5.32 Å². The Balaban J connectivity index is 1.95. The van der Waals surface area contributed by atoms with Crippen LogP contribution in [-0.4, -0.2) is 5.91 Å². The van der Waals surface area contributed by atoms with Crippen LogP contribution in [0.2, 0.25) is 0 Å². The van der Waals surface area contributed by atoms with Gasteiger partial charge in [0.2, 0.25) is 5.91 Å². The number of anilines is 1. The summed E-state index contributed by atoms with van der Waals surface area (Å²) in [5.41, 5.74) is 4.18. The van der Waals surface area contributed by atoms with E-state index in [4.69, 9.17) is 0 Å². The highest BCUT2D eigenvalue weighted by Crippen LogP contribution is 2.44. The molecule has 2 nitrogen and oxygen atoms in total. The standard InChI is InChI=1S/C21H23NO/c1-16(2)12-14-21(15-13-17-8-4-3-5-9-17)18-10-6-7-11-19(18)22-20(21)23/h3-12H,13-15H2,1-2H3,(H,22,23)/t21-/m0/s1. The lowest BCUT2D eigenvalue weighted by molar-refractivity contribution is -0.121. The Morgan fingerprint density at radius 3 is 2.48 bits per heavy atom. The average molecular weight is 305 g/mol. The van der Waals surface area contributed by atoms with Crippen molar-refractivity contribution in [1.29, 1.82) is 0 Å². The summed E-state index contributed by atoms with van der Waals surface area (Å²) >= 11 is 0. The van der Waals surface area contributed by atoms with Gasteiger partial charge in [0.15, 0.2) is 0 Å². The number of aryl methyl sites for hydroxylation is 1. The number of rotatable bonds is 5. The van der Waals surface area contributed by atoms with Gasteiger partial charge in [-0.15, -0.1) is 0 Å². The van der Waals surface area contributed by atoms with Crippen molar-refractivity contribution in [3.63, 3.8) is 0 Å². The zero-order chi connectivity index (χ0) is 16.3. The molecule has 0 saturated carbocycles. The minimum Gasteiger partial charge on any atom is -0.325 e. The predicted octanol–water partition coefficient (Wildman–Crippen LogP) is 4.87. The number of hydrogen-bond acceptors (Lipinski definition) is 1. The first kappa shape index (κ1) is 15.5. The maximum atomic E-state index is 12.8. The molecule has 0 radical (unpaired) electrons. The SMILES string of the molecule is CC(C)=CC[C@@]1(CCc2ccccc2)C(=O)Nc2ccccc21. The fourth-order valence-corrected chi connectivity index (χ4v) is 3.31. The van der Waals surface area contributed by atoms with Crippen LogP contribution in [0.3, 0.4) is 0 Å². The van der Waals surface area contributed by atoms with Crippen molar-refractivity contribution >= 4 is 11.6 Å². The quantitative estimate of drug-likeness (QED) is 0.785. The molecule has 1 aliphatic rings. The van der Waals surface area contributed by atoms with Crippen molar-refractivity contribution < 1.29 is 4.79 Å². The summed E-state index contributed by atoms with van der Waals surface area (Å²) in [5, 5.41) is 3.08. The highest BCUT2D eigenvalue weighted by Gasteiger charge is 2.45. The maximum Gasteiger partial charge on any atom is 0.235 e. The second-order valence-corrected chi connectivity index (χ2v) is 6.55. The van der Waals surface area contributed by atoms with E-state index in [0.717, 1.165) is 30.5 Å². The Labute approximate surface area is 138 Å². The fourth-order valence-electron chi connectivity index (χ4n) is 3.31. The van der Waals surface area contributed by atoms with Crippen molar-refractivity contribution in [2.45, 2.75) is 38.5 Å². The summed E-state index contributed by atoms with van der Waals surface area (Å²) in [6.45, 7) is 4.17. The van der Waals surface area contributed by atoms with E-state index in [1.54, 1.807) is 0 Å². The van der Waals surface area contributed by atoms with Gasteiger partial charge in [-0.05, 0) is 50.3 Å². The predicted molar refractivity (Wildman–Crippen MR) is 95.6 cm³/mol. The summed E-state index contributed by atoms with van der Waals surface area (Å²) in [6.07, 6.45) is 4.67. The summed E-state index contributed by atoms with van der Waals surface area (Å²) in [5.74, 6) is 0.132. The Hall–Kier alpha value is -2.35. The van der Waals surface area contributed by atoms with Gasteiger partial charge in [0.1, 0.15) is 0 Å². The number of fused-ring (bicyclic) bond motifs is 1. The molecule has 0 unspecified atom stereocenters. The number of nitrogens with one attached hydrogen (secondary N) is 1. The number of carbonyl (C=O) groups is 1. The van der Waals surface area contributed by atoms with Crippen LogP contribution in [0.1, 0.15) is 37.8 Å². The highest BCUT2D eigenvalue weighted by atomic mass is 16.2. The van der Waals surface area contributed by atoms with Crippen molar-refractivity contribution in [2.75, 3.05) is 5.32 Å². The molecule has 1 atom stereocenters. The van der Waals surface area contributed by atoms with Gasteiger partial charge in [-0.25, -0.2) is 0 Å². The van der Waals surface area contributed by atoms with E-state index in [1.165, 1.54) is 11.1 Å². The van der Waals surface area contributed by atoms with E-state index in [1.807, 2.05) is 24.3 Å². The highest BCUT2D eigenvalue weighted by molar-refractivity contribution is 6.06. The lowest BCUT2D eigenvalue weighted by Gasteiger charge is -2.26. The first-order valence-corrected chi connectivity index (χ1v) is 8.20. The first-order valence-electron chi connectivity index (χ1n) is 8.20. The molecule has 1 N–H and O–H groups in total. The largest absolute Gasteiger partial charge is 0.325 e. The van der Waals surface area contributed by atoms with E-state index in [0.29, 0.717) is 0 Å². The molecule has 1 heterocycles. The van der Waals surface area contributed by atoms with Crippen LogP contribution < -0.4 is 5.32 Å². The van der Waals surface area contributed by atoms with Crippen LogP contribution in [-0.2, 0) is 16.6 Å². The zero-order valence-corrected chi connectivity index (χ0v) is 13.8. The van der Waals surface area contributed by atoms with Crippen molar-refractivity contribution in [1.82, 2.24) is 0 Å². The monoisotopic (exact) mass is 305 g/mol. The summed E-state index contributed by atoms with van der Waals surface area (Å²) in [6, 6.07) is 18.5. The zero-order valence-electron chi connectivity index (χ0n) is 13.8. The van der Waals surface area contributed by atoms with Gasteiger partial charge in [-0.1, -0.05) is 60.2 Å². The molecule has 0 aromatic heterocycles. The summed E-state index contributed by atoms with van der Waals surface area (Å²) in [4.78, 5) is 12.8. The van der Waals surface area contributed by atoms with Crippen molar-refractivity contribution in [3.05, 3.63) is 77.4 Å². The topological polar surface area (TPSA) is 29.1 Å². The molecule has 1 aliphatic heterocycles. The fraction of sp³-hybridized carbons (Fsp3) is 0.286. The summed E-state index contributed by atoms with van der Waals surface area (Å²) < 4.78 is 0. The molecule has 2 aromatic rings. The van der Waals surface area contributed by atoms with E-state index in [-0.39, 0.29) is 5.91 Å². The van der Waals surface area contributed by atoms with Gasteiger partial charge in [-0.2, -0.15) is 0 Å². The second kappa shape index (κ2) is 6.41. The number of allylic oxidation sites excluding steroid dienone is 2. The molecule has 118 valence electrons. The molecule has 2 aromatic carbocycles. The molecule has 0 bridgehead atoms. The molecule has 0 spiro atoms. The van der Waals surface area contributed by atoms with Crippen LogP contribution in [0.5, 0.6) is 0 Å². The smallest absolute Gasteiger partial charge is 0.235 e. The molecule has 1 amide bonds. The number of hydrogen-bond donors (Lipinski definition) is 1. The Morgan fingerprint density at radius 2 is 1.74 bits per heavy atom. The van der Waals surface area contributed by atoms with Crippen LogP contribution in [0, 0.1) is 0 Å². The van der Waals surface area contributed by atoms with E-state index in [2.05, 4.69) is 55.6 Å². The van der Waals surface area contributed by atoms with Crippen LogP contribution in [0.15, 0.2) is 66.2 Å². The second-order valence-electron chi connectivity index (χ2n) is 6.55. The normalized spacial score (nSPS) is 19.1. The van der Waals surface area contributed by atoms with Crippen molar-refractivity contribution in [3.8, 4) is 0 Å². The molecule has 0 aliphatic carbocycles. The summed E-state index contributed by atoms with van der Waals surface area (Å²) in [7, 11) is 0. The van der Waals surface area contributed by atoms with Gasteiger partial charge in [0.25, 0.3) is 0 Å². The Kier molecular flexibility index (Phi) is 4.33. The van der Waals surface area contributed by atoms with Gasteiger partial charge in [0, 0.05) is 5.69 Å². The van der Waals surface area contributed by atoms with Crippen LogP contribution in [0.25, 0.3) is 0 Å². The molecule has 23 heavy (non-hydrogen) atoms. The number of para-hydroxylation sites is 1. The average Bonchev–Trinajstić information content (AvgIpc) is 2.84. The minimum atomic E-state index is -0.455. The van der Waals surface area contributed by atoms with Crippen LogP contribution in [0.4, 0.5) is 5.69 Å². The molecule has 3 rings (SSSR count). The van der Waals surface area contributed by atoms with Crippen molar-refractivity contribution in [2.24, 2.45) is 0 Å². The lowest BCUT2D eigenvalue weighted by atomic mass is 9.74. The van der Waals surface area contributed by atoms with Gasteiger partial charge in [0.05, 0.1) is 5.41 Å². The van der Waals surface area contributed by atoms with Gasteiger partial charge in [-0.3, -0.25) is 4.79 Å². The maximum absolute atomic E-state index is 12.8. The third kappa shape index (κ3) is 3.07. The molecule has 0 fully saturated rings. The van der Waals surface area contributed by atoms with Crippen LogP contribution >= 0.6 is 0 Å². The number of carbonyl (C=O) groups excluding carboxylic acids is 1. The lowest BCUT2D eigenvalue weighted by Crippen LogP contribution is -2.34. The number of amides is 1. The van der Waals surface area contributed by atoms with Gasteiger partial charge >= 0.3 is 0 Å². The van der Waals surface area contributed by atoms with E-state index in [9.17, 15) is 4.79 Å². The Bertz CT molecular complexity index is 729. The van der Waals surface area contributed by atoms with E-state index >= 15 is 0 Å². The minimum absolute atomic E-state index is 0.132. The third-order valence-electron chi connectivity index (χ3n) is 4.67. The molecule has 0 saturated heterocycles. The molecule has 2 heteroatoms.